The number of ether oxygens (including phenoxy) is 1. The van der Waals surface area contributed by atoms with Gasteiger partial charge in [-0.1, -0.05) is 60.7 Å². The van der Waals surface area contributed by atoms with Gasteiger partial charge in [0.1, 0.15) is 18.9 Å². The molecule has 0 aliphatic carbocycles. The number of aryl methyl sites for hydroxylation is 2. The Bertz CT molecular complexity index is 1820. The summed E-state index contributed by atoms with van der Waals surface area (Å²) in [6.07, 6.45) is 1.50. The van der Waals surface area contributed by atoms with Crippen LogP contribution < -0.4 is 14.5 Å². The third-order valence-corrected chi connectivity index (χ3v) is 8.40. The molecule has 5 aromatic carbocycles. The zero-order chi connectivity index (χ0) is 29.5. The molecule has 212 valence electrons. The van der Waals surface area contributed by atoms with Crippen molar-refractivity contribution in [2.24, 2.45) is 5.10 Å². The number of sulfonamides is 1. The number of carbonyl (C=O) groups is 1. The summed E-state index contributed by atoms with van der Waals surface area (Å²) in [5, 5.41) is 6.40. The van der Waals surface area contributed by atoms with Crippen LogP contribution in [0.25, 0.3) is 10.8 Å². The molecule has 1 N–H and O–H groups in total. The number of hydrazone groups is 1. The van der Waals surface area contributed by atoms with Crippen molar-refractivity contribution < 1.29 is 17.9 Å². The molecule has 0 aliphatic rings. The van der Waals surface area contributed by atoms with E-state index in [1.54, 1.807) is 30.3 Å². The van der Waals surface area contributed by atoms with Gasteiger partial charge in [0, 0.05) is 0 Å². The Kier molecular flexibility index (Phi) is 8.64. The summed E-state index contributed by atoms with van der Waals surface area (Å²) in [4.78, 5) is 13.0. The number of nitrogens with zero attached hydrogens (tertiary/aromatic N) is 2. The topological polar surface area (TPSA) is 88.1 Å². The van der Waals surface area contributed by atoms with Crippen molar-refractivity contribution in [1.29, 1.82) is 0 Å². The van der Waals surface area contributed by atoms with Gasteiger partial charge in [-0.25, -0.2) is 13.8 Å². The van der Waals surface area contributed by atoms with Gasteiger partial charge in [-0.2, -0.15) is 5.10 Å². The van der Waals surface area contributed by atoms with E-state index in [1.807, 2.05) is 56.3 Å². The minimum Gasteiger partial charge on any atom is -0.489 e. The fourth-order valence-corrected chi connectivity index (χ4v) is 6.05. The normalized spacial score (nSPS) is 11.5. The lowest BCUT2D eigenvalue weighted by atomic mass is 10.1. The van der Waals surface area contributed by atoms with E-state index in [0.717, 1.165) is 26.6 Å². The maximum atomic E-state index is 13.5. The predicted octanol–water partition coefficient (Wildman–Crippen LogP) is 6.38. The summed E-state index contributed by atoms with van der Waals surface area (Å²) < 4.78 is 34.1. The molecule has 1 amide bonds. The average molecular weight is 578 g/mol. The van der Waals surface area contributed by atoms with Crippen LogP contribution in [-0.2, 0) is 21.4 Å². The summed E-state index contributed by atoms with van der Waals surface area (Å²) in [5.74, 6) is 0.139. The van der Waals surface area contributed by atoms with Gasteiger partial charge in [0.2, 0.25) is 0 Å². The Morgan fingerprint density at radius 1 is 0.810 bits per heavy atom. The fraction of sp³-hybridized carbons (Fsp3) is 0.118. The summed E-state index contributed by atoms with van der Waals surface area (Å²) in [5.41, 5.74) is 6.47. The third kappa shape index (κ3) is 7.03. The van der Waals surface area contributed by atoms with Crippen LogP contribution in [0.4, 0.5) is 5.69 Å². The van der Waals surface area contributed by atoms with E-state index in [4.69, 9.17) is 4.74 Å². The van der Waals surface area contributed by atoms with Gasteiger partial charge < -0.3 is 4.74 Å². The van der Waals surface area contributed by atoms with Crippen LogP contribution in [0.1, 0.15) is 22.3 Å². The number of rotatable bonds is 10. The number of hydrogen-bond donors (Lipinski definition) is 1. The lowest BCUT2D eigenvalue weighted by Gasteiger charge is -2.24. The molecule has 0 aliphatic heterocycles. The number of hydrogen-bond acceptors (Lipinski definition) is 5. The average Bonchev–Trinajstić information content (AvgIpc) is 2.99. The van der Waals surface area contributed by atoms with E-state index in [1.165, 1.54) is 29.1 Å². The maximum Gasteiger partial charge on any atom is 0.264 e. The van der Waals surface area contributed by atoms with Crippen LogP contribution in [0, 0.1) is 13.8 Å². The first-order valence-corrected chi connectivity index (χ1v) is 14.9. The second kappa shape index (κ2) is 12.7. The lowest BCUT2D eigenvalue weighted by molar-refractivity contribution is -0.119. The van der Waals surface area contributed by atoms with Crippen molar-refractivity contribution in [1.82, 2.24) is 5.43 Å². The first kappa shape index (κ1) is 28.6. The molecule has 8 heteroatoms. The molecule has 5 aromatic rings. The molecule has 0 unspecified atom stereocenters. The summed E-state index contributed by atoms with van der Waals surface area (Å²) in [6.45, 7) is 3.78. The van der Waals surface area contributed by atoms with Crippen molar-refractivity contribution in [2.75, 3.05) is 10.8 Å². The maximum absolute atomic E-state index is 13.5. The number of carbonyl (C=O) groups excluding carboxylic acids is 1. The predicted molar refractivity (Wildman–Crippen MR) is 167 cm³/mol. The minimum absolute atomic E-state index is 0.100. The molecule has 7 nitrogen and oxygen atoms in total. The van der Waals surface area contributed by atoms with E-state index in [-0.39, 0.29) is 4.90 Å². The van der Waals surface area contributed by atoms with Crippen LogP contribution in [0.5, 0.6) is 5.75 Å². The van der Waals surface area contributed by atoms with Crippen LogP contribution in [0.15, 0.2) is 125 Å². The molecule has 0 atom stereocenters. The number of benzene rings is 5. The van der Waals surface area contributed by atoms with E-state index in [2.05, 4.69) is 40.9 Å². The third-order valence-electron chi connectivity index (χ3n) is 6.62. The highest BCUT2D eigenvalue weighted by Gasteiger charge is 2.27. The zero-order valence-corrected chi connectivity index (χ0v) is 24.2. The van der Waals surface area contributed by atoms with Crippen molar-refractivity contribution in [2.45, 2.75) is 25.3 Å². The van der Waals surface area contributed by atoms with Crippen LogP contribution >= 0.6 is 0 Å². The van der Waals surface area contributed by atoms with Gasteiger partial charge >= 0.3 is 0 Å². The Balaban J connectivity index is 1.22. The molecule has 0 aromatic heterocycles. The van der Waals surface area contributed by atoms with Gasteiger partial charge in [0.25, 0.3) is 15.9 Å². The quantitative estimate of drug-likeness (QED) is 0.154. The molecule has 0 saturated carbocycles. The number of amides is 1. The highest BCUT2D eigenvalue weighted by atomic mass is 32.2. The summed E-state index contributed by atoms with van der Waals surface area (Å²) in [7, 11) is -3.99. The van der Waals surface area contributed by atoms with E-state index in [9.17, 15) is 13.2 Å². The van der Waals surface area contributed by atoms with Gasteiger partial charge in [-0.15, -0.1) is 0 Å². The van der Waals surface area contributed by atoms with Gasteiger partial charge in [-0.3, -0.25) is 9.10 Å². The molecule has 0 heterocycles. The van der Waals surface area contributed by atoms with Gasteiger partial charge in [0.05, 0.1) is 16.8 Å². The highest BCUT2D eigenvalue weighted by Crippen LogP contribution is 2.26. The molecule has 0 fully saturated rings. The molecule has 0 radical (unpaired) electrons. The van der Waals surface area contributed by atoms with E-state index >= 15 is 0 Å². The monoisotopic (exact) mass is 577 g/mol. The van der Waals surface area contributed by atoms with Crippen molar-refractivity contribution in [3.05, 3.63) is 138 Å². The number of nitrogens with one attached hydrogen (secondary N) is 1. The molecule has 0 bridgehead atoms. The molecular formula is C34H31N3O4S. The standard InChI is InChI=1S/C34H31N3O4S/c1-25-18-26(2)20-31(19-25)37(42(39,40)33-10-4-3-5-11-33)23-34(38)36-35-22-27-13-16-32(17-14-27)41-24-28-12-15-29-8-6-7-9-30(29)21-28/h3-22H,23-24H2,1-2H3,(H,36,38)/b35-22-. The highest BCUT2D eigenvalue weighted by molar-refractivity contribution is 7.92. The Hall–Kier alpha value is -4.95. The summed E-state index contributed by atoms with van der Waals surface area (Å²) in [6, 6.07) is 35.3. The van der Waals surface area contributed by atoms with Crippen molar-refractivity contribution >= 4 is 38.6 Å². The SMILES string of the molecule is Cc1cc(C)cc(N(CC(=O)N/N=C\c2ccc(OCc3ccc4ccccc4c3)cc2)S(=O)(=O)c2ccccc2)c1. The largest absolute Gasteiger partial charge is 0.489 e. The fourth-order valence-electron chi connectivity index (χ4n) is 4.62. The number of anilines is 1. The minimum atomic E-state index is -3.99. The first-order chi connectivity index (χ1) is 20.3. The molecule has 42 heavy (non-hydrogen) atoms. The van der Waals surface area contributed by atoms with Crippen molar-refractivity contribution in [3.63, 3.8) is 0 Å². The zero-order valence-electron chi connectivity index (χ0n) is 23.4. The van der Waals surface area contributed by atoms with Gasteiger partial charge in [0.15, 0.2) is 0 Å². The molecule has 0 spiro atoms. The molecular weight excluding hydrogens is 546 g/mol. The Morgan fingerprint density at radius 3 is 2.19 bits per heavy atom. The van der Waals surface area contributed by atoms with Crippen molar-refractivity contribution in [3.8, 4) is 5.75 Å². The molecule has 5 rings (SSSR count). The smallest absolute Gasteiger partial charge is 0.264 e. The van der Waals surface area contributed by atoms with Crippen LogP contribution in [-0.4, -0.2) is 27.1 Å². The Morgan fingerprint density at radius 2 is 1.48 bits per heavy atom. The van der Waals surface area contributed by atoms with E-state index < -0.39 is 22.5 Å². The Labute approximate surface area is 246 Å². The van der Waals surface area contributed by atoms with E-state index in [0.29, 0.717) is 18.0 Å². The first-order valence-electron chi connectivity index (χ1n) is 13.5. The van der Waals surface area contributed by atoms with Crippen LogP contribution in [0.3, 0.4) is 0 Å². The van der Waals surface area contributed by atoms with Crippen LogP contribution in [0.2, 0.25) is 0 Å². The summed E-state index contributed by atoms with van der Waals surface area (Å²) >= 11 is 0. The second-order valence-electron chi connectivity index (χ2n) is 10.0. The lowest BCUT2D eigenvalue weighted by Crippen LogP contribution is -2.39. The molecule has 0 saturated heterocycles. The second-order valence-corrected chi connectivity index (χ2v) is 11.9. The van der Waals surface area contributed by atoms with Gasteiger partial charge in [-0.05, 0) is 101 Å². The number of fused-ring (bicyclic) bond motifs is 1.